The highest BCUT2D eigenvalue weighted by Gasteiger charge is 2.17. The fraction of sp³-hybridized carbons (Fsp3) is 0.0286. The number of benzene rings is 12. The molecule has 0 aliphatic heterocycles. The lowest BCUT2D eigenvalue weighted by molar-refractivity contribution is 1.18. The van der Waals surface area contributed by atoms with Gasteiger partial charge in [-0.25, -0.2) is 0 Å². The van der Waals surface area contributed by atoms with Gasteiger partial charge in [0, 0.05) is 16.5 Å². The molecular weight excluding hydrogens is 855 g/mol. The first-order valence-electron chi connectivity index (χ1n) is 24.8. The molecule has 0 spiro atoms. The Morgan fingerprint density at radius 3 is 0.944 bits per heavy atom. The number of hydrogen-bond donors (Lipinski definition) is 0. The second-order valence-electron chi connectivity index (χ2n) is 18.1. The summed E-state index contributed by atoms with van der Waals surface area (Å²) in [7, 11) is 0. The van der Waals surface area contributed by atoms with Crippen molar-refractivity contribution in [2.75, 3.05) is 0 Å². The van der Waals surface area contributed by atoms with E-state index in [0.29, 0.717) is 0 Å². The highest BCUT2D eigenvalue weighted by molar-refractivity contribution is 6.14. The summed E-state index contributed by atoms with van der Waals surface area (Å²) in [5.41, 5.74) is 20.5. The van der Waals surface area contributed by atoms with Crippen LogP contribution in [0.1, 0.15) is 13.8 Å². The van der Waals surface area contributed by atoms with Crippen molar-refractivity contribution in [3.8, 4) is 83.6 Å². The van der Waals surface area contributed by atoms with Gasteiger partial charge in [0.1, 0.15) is 0 Å². The molecule has 0 unspecified atom stereocenters. The largest absolute Gasteiger partial charge is 0.309 e. The summed E-state index contributed by atoms with van der Waals surface area (Å²) in [5.74, 6) is 0. The van der Waals surface area contributed by atoms with E-state index in [1.165, 1.54) is 121 Å². The lowest BCUT2D eigenvalue weighted by Gasteiger charge is -2.13. The second-order valence-corrected chi connectivity index (χ2v) is 18.1. The molecule has 0 atom stereocenters. The van der Waals surface area contributed by atoms with Crippen molar-refractivity contribution in [2.45, 2.75) is 13.8 Å². The quantitative estimate of drug-likeness (QED) is 0.134. The van der Waals surface area contributed by atoms with E-state index in [1.807, 2.05) is 13.8 Å². The van der Waals surface area contributed by atoms with Gasteiger partial charge < -0.3 is 4.57 Å². The minimum Gasteiger partial charge on any atom is -0.309 e. The van der Waals surface area contributed by atoms with Crippen molar-refractivity contribution in [3.63, 3.8) is 0 Å². The molecule has 12 aromatic carbocycles. The Kier molecular flexibility index (Phi) is 11.5. The first kappa shape index (κ1) is 43.3. The standard InChI is InChI=1S/C68H45N.C2H6/c1-3-11-46(12-4-1)48-19-23-50(24-20-48)52-27-31-54(32-28-52)57-37-41-67-65(43-57)66-44-58(55-33-29-53(30-34-55)51-25-21-49(22-26-51)47-13-5-2-6-14-47)38-42-68(66)69(67)60-39-35-56(36-40-60)64-45-59-15-7-8-16-61(59)62-17-9-10-18-63(62)64;1-2/h1-45H;1-2H3. The molecular formula is C70H51N. The van der Waals surface area contributed by atoms with Gasteiger partial charge in [0.05, 0.1) is 11.0 Å². The summed E-state index contributed by atoms with van der Waals surface area (Å²) < 4.78 is 2.44. The van der Waals surface area contributed by atoms with Crippen LogP contribution in [-0.2, 0) is 0 Å². The first-order valence-corrected chi connectivity index (χ1v) is 24.8. The van der Waals surface area contributed by atoms with E-state index >= 15 is 0 Å². The third kappa shape index (κ3) is 8.18. The van der Waals surface area contributed by atoms with Gasteiger partial charge in [-0.1, -0.05) is 244 Å². The van der Waals surface area contributed by atoms with Gasteiger partial charge in [0.2, 0.25) is 0 Å². The number of hydrogen-bond acceptors (Lipinski definition) is 0. The summed E-state index contributed by atoms with van der Waals surface area (Å²) in [6.45, 7) is 4.00. The zero-order valence-corrected chi connectivity index (χ0v) is 39.9. The maximum Gasteiger partial charge on any atom is 0.0541 e. The van der Waals surface area contributed by atoms with Crippen LogP contribution in [0.3, 0.4) is 0 Å². The molecule has 0 fully saturated rings. The number of rotatable bonds is 8. The summed E-state index contributed by atoms with van der Waals surface area (Å²) in [6.07, 6.45) is 0. The third-order valence-corrected chi connectivity index (χ3v) is 14.1. The molecule has 0 aliphatic rings. The van der Waals surface area contributed by atoms with Crippen molar-refractivity contribution in [2.24, 2.45) is 0 Å². The Morgan fingerprint density at radius 2 is 0.521 bits per heavy atom. The lowest BCUT2D eigenvalue weighted by Crippen LogP contribution is -1.94. The SMILES string of the molecule is CC.c1ccc(-c2ccc(-c3ccc(-c4ccc5c(c4)c4cc(-c6ccc(-c7ccc(-c8ccccc8)cc7)cc6)ccc4n5-c4ccc(-c5cc6ccccc6c6ccccc56)cc4)cc3)cc2)cc1. The maximum atomic E-state index is 2.44. The van der Waals surface area contributed by atoms with Crippen molar-refractivity contribution < 1.29 is 0 Å². The van der Waals surface area contributed by atoms with Crippen LogP contribution in [0.25, 0.3) is 127 Å². The fourth-order valence-electron chi connectivity index (χ4n) is 10.4. The molecule has 13 aromatic rings. The monoisotopic (exact) mass is 905 g/mol. The molecule has 71 heavy (non-hydrogen) atoms. The van der Waals surface area contributed by atoms with Gasteiger partial charge in [-0.15, -0.1) is 0 Å². The number of nitrogens with zero attached hydrogens (tertiary/aromatic N) is 1. The van der Waals surface area contributed by atoms with Crippen LogP contribution in [0.4, 0.5) is 0 Å². The molecule has 0 amide bonds. The normalized spacial score (nSPS) is 11.2. The predicted octanol–water partition coefficient (Wildman–Crippen LogP) is 19.8. The number of aromatic nitrogens is 1. The molecule has 0 saturated carbocycles. The van der Waals surface area contributed by atoms with Crippen LogP contribution >= 0.6 is 0 Å². The molecule has 0 saturated heterocycles. The summed E-state index contributed by atoms with van der Waals surface area (Å²) >= 11 is 0. The van der Waals surface area contributed by atoms with Crippen LogP contribution < -0.4 is 0 Å². The van der Waals surface area contributed by atoms with Gasteiger partial charge in [0.25, 0.3) is 0 Å². The molecule has 1 aromatic heterocycles. The van der Waals surface area contributed by atoms with Crippen LogP contribution in [0, 0.1) is 0 Å². The predicted molar refractivity (Wildman–Crippen MR) is 305 cm³/mol. The Hall–Kier alpha value is -9.04. The molecule has 1 nitrogen and oxygen atoms in total. The summed E-state index contributed by atoms with van der Waals surface area (Å²) in [4.78, 5) is 0. The fourth-order valence-corrected chi connectivity index (χ4v) is 10.4. The van der Waals surface area contributed by atoms with Crippen LogP contribution in [0.5, 0.6) is 0 Å². The molecule has 0 N–H and O–H groups in total. The second kappa shape index (κ2) is 18.8. The van der Waals surface area contributed by atoms with Gasteiger partial charge in [0.15, 0.2) is 0 Å². The average molecular weight is 906 g/mol. The maximum absolute atomic E-state index is 2.44. The Morgan fingerprint density at radius 1 is 0.211 bits per heavy atom. The van der Waals surface area contributed by atoms with E-state index in [2.05, 4.69) is 278 Å². The van der Waals surface area contributed by atoms with Crippen molar-refractivity contribution in [1.29, 1.82) is 0 Å². The highest BCUT2D eigenvalue weighted by Crippen LogP contribution is 2.40. The molecule has 1 heterocycles. The summed E-state index contributed by atoms with van der Waals surface area (Å²) in [5, 5.41) is 7.54. The van der Waals surface area contributed by atoms with Crippen LogP contribution in [0.15, 0.2) is 273 Å². The number of fused-ring (bicyclic) bond motifs is 6. The molecule has 1 heteroatoms. The van der Waals surface area contributed by atoms with Gasteiger partial charge in [-0.05, 0) is 142 Å². The topological polar surface area (TPSA) is 4.93 Å². The average Bonchev–Trinajstić information content (AvgIpc) is 3.79. The molecule has 336 valence electrons. The van der Waals surface area contributed by atoms with E-state index in [1.54, 1.807) is 0 Å². The zero-order valence-electron chi connectivity index (χ0n) is 39.9. The summed E-state index contributed by atoms with van der Waals surface area (Å²) in [6, 6.07) is 99.9. The third-order valence-electron chi connectivity index (χ3n) is 14.1. The van der Waals surface area contributed by atoms with Crippen molar-refractivity contribution in [1.82, 2.24) is 4.57 Å². The molecule has 0 aliphatic carbocycles. The van der Waals surface area contributed by atoms with Gasteiger partial charge in [-0.2, -0.15) is 0 Å². The van der Waals surface area contributed by atoms with Crippen molar-refractivity contribution in [3.05, 3.63) is 273 Å². The molecule has 0 bridgehead atoms. The van der Waals surface area contributed by atoms with Crippen LogP contribution in [-0.4, -0.2) is 4.57 Å². The van der Waals surface area contributed by atoms with E-state index in [-0.39, 0.29) is 0 Å². The lowest BCUT2D eigenvalue weighted by atomic mass is 9.93. The minimum absolute atomic E-state index is 1.13. The Balaban J connectivity index is 0.00000256. The van der Waals surface area contributed by atoms with E-state index in [9.17, 15) is 0 Å². The smallest absolute Gasteiger partial charge is 0.0541 e. The first-order chi connectivity index (χ1) is 35.2. The van der Waals surface area contributed by atoms with Gasteiger partial charge >= 0.3 is 0 Å². The van der Waals surface area contributed by atoms with E-state index in [4.69, 9.17) is 0 Å². The molecule has 13 rings (SSSR count). The van der Waals surface area contributed by atoms with E-state index < -0.39 is 0 Å². The zero-order chi connectivity index (χ0) is 47.7. The van der Waals surface area contributed by atoms with Crippen molar-refractivity contribution >= 4 is 43.4 Å². The molecule has 0 radical (unpaired) electrons. The minimum atomic E-state index is 1.13. The van der Waals surface area contributed by atoms with E-state index in [0.717, 1.165) is 5.69 Å². The van der Waals surface area contributed by atoms with Gasteiger partial charge in [-0.3, -0.25) is 0 Å². The highest BCUT2D eigenvalue weighted by atomic mass is 15.0. The van der Waals surface area contributed by atoms with Crippen LogP contribution in [0.2, 0.25) is 0 Å². The Labute approximate surface area is 416 Å². The Bertz CT molecular complexity index is 3790.